The van der Waals surface area contributed by atoms with Gasteiger partial charge in [-0.1, -0.05) is 6.07 Å². The lowest BCUT2D eigenvalue weighted by molar-refractivity contribution is 0.107. The van der Waals surface area contributed by atoms with Crippen LogP contribution in [0.5, 0.6) is 11.8 Å². The Morgan fingerprint density at radius 1 is 1.16 bits per heavy atom. The van der Waals surface area contributed by atoms with Crippen LogP contribution in [0.2, 0.25) is 0 Å². The third kappa shape index (κ3) is 5.00. The summed E-state index contributed by atoms with van der Waals surface area (Å²) >= 11 is 4.79. The molecule has 0 radical (unpaired) electrons. The van der Waals surface area contributed by atoms with Crippen LogP contribution >= 0.6 is 28.1 Å². The van der Waals surface area contributed by atoms with Crippen molar-refractivity contribution in [1.29, 1.82) is 0 Å². The fourth-order valence-electron chi connectivity index (χ4n) is 7.62. The molecule has 1 unspecified atom stereocenters. The minimum absolute atomic E-state index is 0.00564. The second-order valence-corrected chi connectivity index (χ2v) is 14.2. The molecule has 2 aromatic heterocycles. The van der Waals surface area contributed by atoms with Gasteiger partial charge in [-0.2, -0.15) is 9.97 Å². The van der Waals surface area contributed by atoms with Crippen molar-refractivity contribution in [3.05, 3.63) is 46.6 Å². The van der Waals surface area contributed by atoms with E-state index in [9.17, 15) is 13.9 Å². The Morgan fingerprint density at radius 3 is 2.87 bits per heavy atom. The average Bonchev–Trinajstić information content (AvgIpc) is 3.72. The summed E-state index contributed by atoms with van der Waals surface area (Å²) in [6, 6.07) is 5.67. The van der Waals surface area contributed by atoms with Crippen LogP contribution in [0.3, 0.4) is 0 Å². The molecule has 8 rings (SSSR count). The summed E-state index contributed by atoms with van der Waals surface area (Å²) in [7, 11) is 0. The van der Waals surface area contributed by atoms with Crippen LogP contribution in [0.15, 0.2) is 34.9 Å². The van der Waals surface area contributed by atoms with Crippen molar-refractivity contribution in [3.8, 4) is 23.0 Å². The molecule has 6 heterocycles. The SMILES string of the molecule is Oc1cc(-c2ncc3c(N4CCCC5(CNSN5)C4)nc(OC[C@@]45CCCN4C[C@H](F)C5)nc3c2F)c2c(Br)c(F)ccc2c1. The summed E-state index contributed by atoms with van der Waals surface area (Å²) in [5.74, 6) is -0.862. The zero-order valence-corrected chi connectivity index (χ0v) is 26.7. The van der Waals surface area contributed by atoms with E-state index in [0.717, 1.165) is 38.8 Å². The quantitative estimate of drug-likeness (QED) is 0.227. The lowest BCUT2D eigenvalue weighted by Crippen LogP contribution is -2.55. The van der Waals surface area contributed by atoms with Crippen molar-refractivity contribution < 1.29 is 23.0 Å². The Labute approximate surface area is 270 Å². The molecule has 3 atom stereocenters. The maximum atomic E-state index is 16.8. The molecule has 4 aliphatic rings. The number of hydrogen-bond acceptors (Lipinski definition) is 10. The van der Waals surface area contributed by atoms with Gasteiger partial charge in [0.2, 0.25) is 0 Å². The first-order chi connectivity index (χ1) is 21.7. The van der Waals surface area contributed by atoms with Gasteiger partial charge in [0, 0.05) is 61.9 Å². The molecular weight excluding hydrogens is 671 g/mol. The molecule has 4 saturated heterocycles. The molecule has 0 amide bonds. The van der Waals surface area contributed by atoms with Crippen molar-refractivity contribution in [1.82, 2.24) is 29.3 Å². The second kappa shape index (κ2) is 11.1. The molecule has 0 aliphatic carbocycles. The molecule has 2 aromatic carbocycles. The van der Waals surface area contributed by atoms with Gasteiger partial charge in [-0.15, -0.1) is 0 Å². The Balaban J connectivity index is 1.26. The van der Waals surface area contributed by atoms with Gasteiger partial charge in [-0.3, -0.25) is 9.88 Å². The molecule has 9 nitrogen and oxygen atoms in total. The van der Waals surface area contributed by atoms with Crippen molar-refractivity contribution in [2.45, 2.75) is 49.4 Å². The average molecular weight is 703 g/mol. The highest BCUT2D eigenvalue weighted by Crippen LogP contribution is 2.43. The number of alkyl halides is 1. The van der Waals surface area contributed by atoms with Crippen LogP contribution in [0.25, 0.3) is 32.9 Å². The minimum atomic E-state index is -0.913. The highest BCUT2D eigenvalue weighted by Gasteiger charge is 2.49. The summed E-state index contributed by atoms with van der Waals surface area (Å²) in [6.07, 6.45) is 4.67. The fourth-order valence-corrected chi connectivity index (χ4v) is 9.08. The number of halogens is 4. The summed E-state index contributed by atoms with van der Waals surface area (Å²) in [5, 5.41) is 11.8. The maximum Gasteiger partial charge on any atom is 0.319 e. The fraction of sp³-hybridized carbons (Fsp3) is 0.452. The Bertz CT molecular complexity index is 1830. The molecule has 1 spiro atoms. The van der Waals surface area contributed by atoms with Crippen LogP contribution in [0, 0.1) is 11.6 Å². The number of aromatic nitrogens is 3. The number of hydrogen-bond donors (Lipinski definition) is 3. The zero-order chi connectivity index (χ0) is 30.9. The number of benzene rings is 2. The van der Waals surface area contributed by atoms with Gasteiger partial charge in [0.25, 0.3) is 0 Å². The van der Waals surface area contributed by atoms with E-state index in [-0.39, 0.29) is 45.2 Å². The molecule has 0 saturated carbocycles. The van der Waals surface area contributed by atoms with Gasteiger partial charge in [0.05, 0.1) is 20.9 Å². The van der Waals surface area contributed by atoms with Crippen molar-refractivity contribution >= 4 is 55.6 Å². The Kier molecular flexibility index (Phi) is 7.28. The Hall–Kier alpha value is -2.91. The number of fused-ring (bicyclic) bond motifs is 3. The molecule has 4 aliphatic heterocycles. The Morgan fingerprint density at radius 2 is 2.02 bits per heavy atom. The summed E-state index contributed by atoms with van der Waals surface area (Å²) in [4.78, 5) is 18.2. The third-order valence-corrected chi connectivity index (χ3v) is 11.3. The van der Waals surface area contributed by atoms with Crippen molar-refractivity contribution in [2.24, 2.45) is 0 Å². The van der Waals surface area contributed by atoms with Crippen molar-refractivity contribution in [2.75, 3.05) is 44.2 Å². The van der Waals surface area contributed by atoms with Gasteiger partial charge >= 0.3 is 6.01 Å². The molecule has 45 heavy (non-hydrogen) atoms. The van der Waals surface area contributed by atoms with Gasteiger partial charge in [0.1, 0.15) is 41.4 Å². The van der Waals surface area contributed by atoms with Gasteiger partial charge in [0.15, 0.2) is 5.82 Å². The van der Waals surface area contributed by atoms with Gasteiger partial charge < -0.3 is 14.7 Å². The monoisotopic (exact) mass is 701 g/mol. The molecule has 4 aromatic rings. The van der Waals surface area contributed by atoms with Crippen molar-refractivity contribution in [3.63, 3.8) is 0 Å². The standard InChI is InChI=1S/C31H31BrF3N7O2S/c32-24-22(34)4-3-17-9-19(43)10-20(23(17)24)26-25(35)27-21(12-36-26)28(41-7-1-5-30(15-41)14-37-45-40-30)39-29(38-27)44-16-31-6-2-8-42(31)13-18(33)11-31/h3-4,9-10,12,18,37,40,43H,1-2,5-8,11,13-16H2/t18-,30?,31+/m1/s1. The lowest BCUT2D eigenvalue weighted by Gasteiger charge is -2.40. The summed E-state index contributed by atoms with van der Waals surface area (Å²) in [5.41, 5.74) is -0.467. The second-order valence-electron chi connectivity index (χ2n) is 12.7. The molecule has 0 bridgehead atoms. The number of phenols is 1. The van der Waals surface area contributed by atoms with E-state index < -0.39 is 23.3 Å². The number of rotatable bonds is 5. The van der Waals surface area contributed by atoms with Crippen LogP contribution in [0.4, 0.5) is 19.0 Å². The first-order valence-corrected chi connectivity index (χ1v) is 16.8. The number of nitrogens with one attached hydrogen (secondary N) is 2. The van der Waals surface area contributed by atoms with E-state index in [1.54, 1.807) is 0 Å². The normalized spacial score (nSPS) is 26.8. The number of nitrogens with zero attached hydrogens (tertiary/aromatic N) is 5. The highest BCUT2D eigenvalue weighted by molar-refractivity contribution is 9.10. The smallest absolute Gasteiger partial charge is 0.319 e. The number of ether oxygens (including phenoxy) is 1. The van der Waals surface area contributed by atoms with Crippen LogP contribution in [0.1, 0.15) is 32.1 Å². The first-order valence-electron chi connectivity index (χ1n) is 15.1. The molecule has 236 valence electrons. The molecule has 4 fully saturated rings. The van der Waals surface area contributed by atoms with E-state index in [1.165, 1.54) is 42.6 Å². The predicted octanol–water partition coefficient (Wildman–Crippen LogP) is 5.64. The largest absolute Gasteiger partial charge is 0.508 e. The molecule has 14 heteroatoms. The molecule has 3 N–H and O–H groups in total. The number of aromatic hydroxyl groups is 1. The van der Waals surface area contributed by atoms with Crippen LogP contribution in [-0.2, 0) is 0 Å². The highest BCUT2D eigenvalue weighted by atomic mass is 79.9. The number of anilines is 1. The summed E-state index contributed by atoms with van der Waals surface area (Å²) in [6.45, 7) is 3.52. The minimum Gasteiger partial charge on any atom is -0.508 e. The number of phenolic OH excluding ortho intramolecular Hbond substituents is 1. The van der Waals surface area contributed by atoms with Gasteiger partial charge in [-0.25, -0.2) is 22.6 Å². The zero-order valence-electron chi connectivity index (χ0n) is 24.3. The third-order valence-electron chi connectivity index (χ3n) is 9.75. The van der Waals surface area contributed by atoms with E-state index in [2.05, 4.69) is 45.1 Å². The van der Waals surface area contributed by atoms with Crippen LogP contribution < -0.4 is 19.1 Å². The predicted molar refractivity (Wildman–Crippen MR) is 171 cm³/mol. The molecular formula is C31H31BrF3N7O2S. The maximum absolute atomic E-state index is 16.8. The van der Waals surface area contributed by atoms with Crippen LogP contribution in [-0.4, -0.2) is 81.5 Å². The lowest BCUT2D eigenvalue weighted by atomic mass is 9.90. The number of piperidine rings is 1. The van der Waals surface area contributed by atoms with E-state index >= 15 is 4.39 Å². The topological polar surface area (TPSA) is 98.7 Å². The first kappa shape index (κ1) is 29.5. The van der Waals surface area contributed by atoms with E-state index in [0.29, 0.717) is 48.0 Å². The summed E-state index contributed by atoms with van der Waals surface area (Å²) < 4.78 is 59.1. The number of pyridine rings is 1. The van der Waals surface area contributed by atoms with E-state index in [1.807, 2.05) is 0 Å². The van der Waals surface area contributed by atoms with E-state index in [4.69, 9.17) is 9.72 Å². The van der Waals surface area contributed by atoms with Gasteiger partial charge in [-0.05, 0) is 71.7 Å².